The van der Waals surface area contributed by atoms with Crippen molar-refractivity contribution in [1.82, 2.24) is 9.97 Å². The zero-order valence-corrected chi connectivity index (χ0v) is 12.5. The van der Waals surface area contributed by atoms with Crippen molar-refractivity contribution in [2.75, 3.05) is 23.7 Å². The lowest BCUT2D eigenvalue weighted by Crippen LogP contribution is -2.13. The Morgan fingerprint density at radius 1 is 1.14 bits per heavy atom. The van der Waals surface area contributed by atoms with Gasteiger partial charge in [0.05, 0.1) is 19.0 Å². The van der Waals surface area contributed by atoms with Crippen LogP contribution in [0.5, 0.6) is 5.88 Å². The summed E-state index contributed by atoms with van der Waals surface area (Å²) >= 11 is 0. The molecule has 21 heavy (non-hydrogen) atoms. The van der Waals surface area contributed by atoms with Crippen LogP contribution in [0.15, 0.2) is 41.6 Å². The number of nitrogens with one attached hydrogen (secondary N) is 2. The topological polar surface area (TPSA) is 93.2 Å². The van der Waals surface area contributed by atoms with E-state index in [0.717, 1.165) is 6.54 Å². The molecule has 0 unspecified atom stereocenters. The molecule has 0 aliphatic heterocycles. The first-order valence-electron chi connectivity index (χ1n) is 6.28. The predicted octanol–water partition coefficient (Wildman–Crippen LogP) is 1.72. The number of rotatable bonds is 6. The van der Waals surface area contributed by atoms with Gasteiger partial charge in [-0.25, -0.2) is 18.4 Å². The van der Waals surface area contributed by atoms with Crippen molar-refractivity contribution in [3.63, 3.8) is 0 Å². The summed E-state index contributed by atoms with van der Waals surface area (Å²) in [6.07, 6.45) is 2.69. The summed E-state index contributed by atoms with van der Waals surface area (Å²) in [5.41, 5.74) is 0.353. The summed E-state index contributed by atoms with van der Waals surface area (Å²) in [6.45, 7) is 2.65. The van der Waals surface area contributed by atoms with Crippen LogP contribution < -0.4 is 14.8 Å². The van der Waals surface area contributed by atoms with Gasteiger partial charge in [0.2, 0.25) is 5.88 Å². The van der Waals surface area contributed by atoms with Gasteiger partial charge in [-0.2, -0.15) is 0 Å². The highest BCUT2D eigenvalue weighted by molar-refractivity contribution is 7.92. The summed E-state index contributed by atoms with van der Waals surface area (Å²) in [5, 5.41) is 3.00. The first-order valence-corrected chi connectivity index (χ1v) is 7.76. The number of methoxy groups -OCH3 is 1. The monoisotopic (exact) mass is 308 g/mol. The van der Waals surface area contributed by atoms with Crippen molar-refractivity contribution in [3.8, 4) is 5.88 Å². The number of hydrogen-bond acceptors (Lipinski definition) is 6. The molecule has 0 spiro atoms. The maximum absolute atomic E-state index is 12.2. The van der Waals surface area contributed by atoms with Gasteiger partial charge in [-0.05, 0) is 25.1 Å². The third-order valence-electron chi connectivity index (χ3n) is 2.60. The van der Waals surface area contributed by atoms with E-state index in [1.54, 1.807) is 18.2 Å². The van der Waals surface area contributed by atoms with E-state index in [1.807, 2.05) is 6.92 Å². The summed E-state index contributed by atoms with van der Waals surface area (Å²) in [7, 11) is -2.20. The molecule has 7 nitrogen and oxygen atoms in total. The van der Waals surface area contributed by atoms with Crippen molar-refractivity contribution < 1.29 is 13.2 Å². The minimum Gasteiger partial charge on any atom is -0.481 e. The summed E-state index contributed by atoms with van der Waals surface area (Å²) in [5.74, 6) is 1.04. The van der Waals surface area contributed by atoms with Gasteiger partial charge in [-0.1, -0.05) is 0 Å². The number of ether oxygens (including phenoxy) is 1. The number of nitrogens with zero attached hydrogens (tertiary/aromatic N) is 2. The molecule has 0 atom stereocenters. The maximum Gasteiger partial charge on any atom is 0.263 e. The van der Waals surface area contributed by atoms with Gasteiger partial charge in [0.1, 0.15) is 10.7 Å². The number of aromatic nitrogens is 2. The minimum atomic E-state index is -3.69. The molecule has 0 radical (unpaired) electrons. The molecule has 0 saturated heterocycles. The molecule has 0 aliphatic rings. The second-order valence-corrected chi connectivity index (χ2v) is 5.79. The average Bonchev–Trinajstić information content (AvgIpc) is 2.48. The Hall–Kier alpha value is -2.35. The molecular weight excluding hydrogens is 292 g/mol. The second kappa shape index (κ2) is 6.40. The fourth-order valence-corrected chi connectivity index (χ4v) is 2.59. The molecule has 2 heterocycles. The van der Waals surface area contributed by atoms with Gasteiger partial charge in [0.25, 0.3) is 10.0 Å². The van der Waals surface area contributed by atoms with E-state index in [9.17, 15) is 8.42 Å². The number of pyridine rings is 2. The Kier molecular flexibility index (Phi) is 4.59. The summed E-state index contributed by atoms with van der Waals surface area (Å²) < 4.78 is 31.7. The van der Waals surface area contributed by atoms with Crippen LogP contribution in [0.1, 0.15) is 6.92 Å². The van der Waals surface area contributed by atoms with E-state index in [0.29, 0.717) is 17.4 Å². The van der Waals surface area contributed by atoms with Gasteiger partial charge in [0, 0.05) is 18.8 Å². The van der Waals surface area contributed by atoms with E-state index in [-0.39, 0.29) is 4.90 Å². The Labute approximate surface area is 123 Å². The fraction of sp³-hybridized carbons (Fsp3) is 0.231. The smallest absolute Gasteiger partial charge is 0.263 e. The highest BCUT2D eigenvalue weighted by atomic mass is 32.2. The fourth-order valence-electron chi connectivity index (χ4n) is 1.60. The number of sulfonamides is 1. The van der Waals surface area contributed by atoms with Gasteiger partial charge in [0.15, 0.2) is 0 Å². The quantitative estimate of drug-likeness (QED) is 0.844. The maximum atomic E-state index is 12.2. The molecule has 0 amide bonds. The molecule has 2 N–H and O–H groups in total. The van der Waals surface area contributed by atoms with E-state index >= 15 is 0 Å². The first-order chi connectivity index (χ1) is 10.0. The highest BCUT2D eigenvalue weighted by Crippen LogP contribution is 2.17. The first kappa shape index (κ1) is 15.0. The van der Waals surface area contributed by atoms with Crippen molar-refractivity contribution in [3.05, 3.63) is 36.7 Å². The van der Waals surface area contributed by atoms with Crippen LogP contribution in [0.25, 0.3) is 0 Å². The molecular formula is C13H16N4O3S. The van der Waals surface area contributed by atoms with Crippen LogP contribution in [0.2, 0.25) is 0 Å². The lowest BCUT2D eigenvalue weighted by atomic mass is 10.4. The van der Waals surface area contributed by atoms with Crippen LogP contribution in [0.4, 0.5) is 11.5 Å². The SMILES string of the molecule is CCNc1ccc(S(=O)(=O)Nc2ccc(OC)nc2)cn1. The van der Waals surface area contributed by atoms with Gasteiger partial charge in [-0.15, -0.1) is 0 Å². The van der Waals surface area contributed by atoms with Gasteiger partial charge < -0.3 is 10.1 Å². The number of hydrogen-bond donors (Lipinski definition) is 2. The van der Waals surface area contributed by atoms with Crippen LogP contribution in [-0.2, 0) is 10.0 Å². The lowest BCUT2D eigenvalue weighted by Gasteiger charge is -2.08. The average molecular weight is 308 g/mol. The summed E-state index contributed by atoms with van der Waals surface area (Å²) in [6, 6.07) is 6.25. The van der Waals surface area contributed by atoms with Crippen molar-refractivity contribution in [1.29, 1.82) is 0 Å². The van der Waals surface area contributed by atoms with Crippen molar-refractivity contribution >= 4 is 21.5 Å². The minimum absolute atomic E-state index is 0.0833. The van der Waals surface area contributed by atoms with Crippen LogP contribution in [-0.4, -0.2) is 32.0 Å². The van der Waals surface area contributed by atoms with Crippen molar-refractivity contribution in [2.24, 2.45) is 0 Å². The Morgan fingerprint density at radius 2 is 1.95 bits per heavy atom. The second-order valence-electron chi connectivity index (χ2n) is 4.10. The molecule has 2 rings (SSSR count). The zero-order valence-electron chi connectivity index (χ0n) is 11.7. The molecule has 112 valence electrons. The largest absolute Gasteiger partial charge is 0.481 e. The van der Waals surface area contributed by atoms with E-state index in [2.05, 4.69) is 20.0 Å². The predicted molar refractivity (Wildman–Crippen MR) is 80.0 cm³/mol. The van der Waals surface area contributed by atoms with Gasteiger partial charge >= 0.3 is 0 Å². The highest BCUT2D eigenvalue weighted by Gasteiger charge is 2.15. The summed E-state index contributed by atoms with van der Waals surface area (Å²) in [4.78, 5) is 8.06. The standard InChI is InChI=1S/C13H16N4O3S/c1-3-14-12-6-5-11(9-15-12)21(18,19)17-10-4-7-13(20-2)16-8-10/h4-9,17H,3H2,1-2H3,(H,14,15). The number of anilines is 2. The molecule has 8 heteroatoms. The van der Waals surface area contributed by atoms with Crippen molar-refractivity contribution in [2.45, 2.75) is 11.8 Å². The Morgan fingerprint density at radius 3 is 2.48 bits per heavy atom. The van der Waals surface area contributed by atoms with Crippen LogP contribution in [0.3, 0.4) is 0 Å². The van der Waals surface area contributed by atoms with Gasteiger partial charge in [-0.3, -0.25) is 4.72 Å². The zero-order chi connectivity index (χ0) is 15.3. The third-order valence-corrected chi connectivity index (χ3v) is 3.97. The molecule has 0 fully saturated rings. The molecule has 0 aliphatic carbocycles. The Bertz CT molecular complexity index is 684. The normalized spacial score (nSPS) is 11.0. The van der Waals surface area contributed by atoms with E-state index < -0.39 is 10.0 Å². The molecule has 2 aromatic heterocycles. The molecule has 0 saturated carbocycles. The lowest BCUT2D eigenvalue weighted by molar-refractivity contribution is 0.398. The van der Waals surface area contributed by atoms with Crippen LogP contribution in [0, 0.1) is 0 Å². The molecule has 0 aromatic carbocycles. The van der Waals surface area contributed by atoms with E-state index in [1.165, 1.54) is 25.6 Å². The third kappa shape index (κ3) is 3.82. The van der Waals surface area contributed by atoms with E-state index in [4.69, 9.17) is 4.74 Å². The van der Waals surface area contributed by atoms with Crippen LogP contribution >= 0.6 is 0 Å². The molecule has 0 bridgehead atoms. The Balaban J connectivity index is 2.16. The molecule has 2 aromatic rings.